The van der Waals surface area contributed by atoms with E-state index in [1.54, 1.807) is 42.5 Å². The molecule has 0 radical (unpaired) electrons. The van der Waals surface area contributed by atoms with E-state index in [0.717, 1.165) is 0 Å². The summed E-state index contributed by atoms with van der Waals surface area (Å²) >= 11 is 0. The van der Waals surface area contributed by atoms with Crippen molar-refractivity contribution in [3.63, 3.8) is 0 Å². The highest BCUT2D eigenvalue weighted by atomic mass is 16.3. The van der Waals surface area contributed by atoms with Crippen molar-refractivity contribution in [3.05, 3.63) is 64.7 Å². The van der Waals surface area contributed by atoms with Gasteiger partial charge in [0, 0.05) is 28.9 Å². The maximum Gasteiger partial charge on any atom is 0.196 e. The zero-order valence-electron chi connectivity index (χ0n) is 12.2. The second kappa shape index (κ2) is 6.03. The summed E-state index contributed by atoms with van der Waals surface area (Å²) in [6.07, 6.45) is -0.838. The van der Waals surface area contributed by atoms with E-state index in [2.05, 4.69) is 5.32 Å². The number of aliphatic hydroxyl groups is 1. The maximum atomic E-state index is 12.7. The van der Waals surface area contributed by atoms with Crippen molar-refractivity contribution in [1.82, 2.24) is 0 Å². The van der Waals surface area contributed by atoms with Gasteiger partial charge < -0.3 is 10.4 Å². The Morgan fingerprint density at radius 1 is 1.00 bits per heavy atom. The Morgan fingerprint density at radius 3 is 2.35 bits per heavy atom. The van der Waals surface area contributed by atoms with Crippen LogP contribution < -0.4 is 5.32 Å². The van der Waals surface area contributed by atoms with Crippen molar-refractivity contribution in [1.29, 1.82) is 5.26 Å². The molecule has 23 heavy (non-hydrogen) atoms. The summed E-state index contributed by atoms with van der Waals surface area (Å²) in [5.41, 5.74) is 1.96. The molecule has 0 spiro atoms. The molecule has 0 bridgehead atoms. The third kappa shape index (κ3) is 2.60. The lowest BCUT2D eigenvalue weighted by molar-refractivity contribution is 0.0979. The fourth-order valence-electron chi connectivity index (χ4n) is 2.70. The first-order valence-corrected chi connectivity index (χ1v) is 7.24. The van der Waals surface area contributed by atoms with E-state index in [1.807, 2.05) is 6.07 Å². The number of nitrogens with one attached hydrogen (secondary N) is 1. The zero-order valence-corrected chi connectivity index (χ0v) is 12.2. The van der Waals surface area contributed by atoms with Gasteiger partial charge >= 0.3 is 0 Å². The number of carbonyl (C=O) groups is 2. The summed E-state index contributed by atoms with van der Waals surface area (Å²) in [5, 5.41) is 21.2. The van der Waals surface area contributed by atoms with Gasteiger partial charge in [0.15, 0.2) is 11.6 Å². The van der Waals surface area contributed by atoms with E-state index >= 15 is 0 Å². The molecule has 0 heterocycles. The molecule has 0 saturated heterocycles. The van der Waals surface area contributed by atoms with Gasteiger partial charge in [-0.2, -0.15) is 5.26 Å². The summed E-state index contributed by atoms with van der Waals surface area (Å²) in [4.78, 5) is 25.3. The average molecular weight is 306 g/mol. The first kappa shape index (κ1) is 14.9. The molecular formula is C18H14N2O3. The summed E-state index contributed by atoms with van der Waals surface area (Å²) in [7, 11) is 0. The number of rotatable bonds is 4. The van der Waals surface area contributed by atoms with E-state index in [-0.39, 0.29) is 24.5 Å². The molecule has 0 aliphatic heterocycles. The van der Waals surface area contributed by atoms with Crippen LogP contribution in [0.4, 0.5) is 5.69 Å². The minimum absolute atomic E-state index is 0.00225. The van der Waals surface area contributed by atoms with Gasteiger partial charge in [-0.05, 0) is 6.07 Å². The number of nitriles is 1. The lowest BCUT2D eigenvalue weighted by Crippen LogP contribution is -2.24. The molecule has 0 fully saturated rings. The Morgan fingerprint density at radius 2 is 1.65 bits per heavy atom. The van der Waals surface area contributed by atoms with E-state index in [9.17, 15) is 14.7 Å². The highest BCUT2D eigenvalue weighted by Gasteiger charge is 2.31. The van der Waals surface area contributed by atoms with Gasteiger partial charge in [-0.1, -0.05) is 36.4 Å². The number of hydrogen-bond donors (Lipinski definition) is 2. The van der Waals surface area contributed by atoms with E-state index in [1.165, 1.54) is 0 Å². The predicted molar refractivity (Wildman–Crippen MR) is 84.5 cm³/mol. The molecule has 5 heteroatoms. The van der Waals surface area contributed by atoms with Gasteiger partial charge in [-0.15, -0.1) is 0 Å². The third-order valence-electron chi connectivity index (χ3n) is 3.81. The normalized spacial score (nSPS) is 13.7. The van der Waals surface area contributed by atoms with Crippen LogP contribution in [0.25, 0.3) is 0 Å². The Bertz CT molecular complexity index is 836. The van der Waals surface area contributed by atoms with Crippen LogP contribution in [0.2, 0.25) is 0 Å². The van der Waals surface area contributed by atoms with Gasteiger partial charge in [0.1, 0.15) is 0 Å². The van der Waals surface area contributed by atoms with Gasteiger partial charge in [-0.3, -0.25) is 9.59 Å². The number of fused-ring (bicyclic) bond motifs is 2. The van der Waals surface area contributed by atoms with Crippen molar-refractivity contribution in [2.75, 3.05) is 11.9 Å². The highest BCUT2D eigenvalue weighted by Crippen LogP contribution is 2.31. The van der Waals surface area contributed by atoms with Crippen molar-refractivity contribution in [3.8, 4) is 6.07 Å². The van der Waals surface area contributed by atoms with Gasteiger partial charge in [-0.25, -0.2) is 0 Å². The van der Waals surface area contributed by atoms with Crippen LogP contribution in [0.15, 0.2) is 42.5 Å². The van der Waals surface area contributed by atoms with Crippen LogP contribution in [0.5, 0.6) is 0 Å². The SMILES string of the molecule is N#CCC(O)CNc1cccc2c1C(=O)c1ccccc1C2=O. The molecule has 0 aromatic heterocycles. The summed E-state index contributed by atoms with van der Waals surface area (Å²) in [6.45, 7) is 0.132. The van der Waals surface area contributed by atoms with E-state index in [0.29, 0.717) is 27.9 Å². The zero-order chi connectivity index (χ0) is 16.4. The fourth-order valence-corrected chi connectivity index (χ4v) is 2.70. The summed E-state index contributed by atoms with van der Waals surface area (Å²) < 4.78 is 0. The van der Waals surface area contributed by atoms with Crippen molar-refractivity contribution in [2.24, 2.45) is 0 Å². The van der Waals surface area contributed by atoms with Gasteiger partial charge in [0.2, 0.25) is 0 Å². The van der Waals surface area contributed by atoms with Crippen molar-refractivity contribution in [2.45, 2.75) is 12.5 Å². The molecule has 2 aromatic carbocycles. The number of ketones is 2. The van der Waals surface area contributed by atoms with Crippen molar-refractivity contribution < 1.29 is 14.7 Å². The smallest absolute Gasteiger partial charge is 0.196 e. The number of anilines is 1. The Labute approximate surface area is 133 Å². The molecular weight excluding hydrogens is 292 g/mol. The molecule has 1 unspecified atom stereocenters. The number of nitrogens with zero attached hydrogens (tertiary/aromatic N) is 1. The minimum atomic E-state index is -0.836. The molecule has 0 saturated carbocycles. The van der Waals surface area contributed by atoms with Crippen LogP contribution in [0.1, 0.15) is 38.3 Å². The molecule has 2 aromatic rings. The number of carbonyl (C=O) groups excluding carboxylic acids is 2. The second-order valence-corrected chi connectivity index (χ2v) is 5.33. The van der Waals surface area contributed by atoms with Crippen LogP contribution in [-0.2, 0) is 0 Å². The van der Waals surface area contributed by atoms with Crippen LogP contribution in [0, 0.1) is 11.3 Å². The fraction of sp³-hybridized carbons (Fsp3) is 0.167. The number of aliphatic hydroxyl groups excluding tert-OH is 1. The summed E-state index contributed by atoms with van der Waals surface area (Å²) in [6, 6.07) is 13.6. The lowest BCUT2D eigenvalue weighted by atomic mass is 9.83. The molecule has 1 atom stereocenters. The molecule has 1 aliphatic rings. The molecule has 2 N–H and O–H groups in total. The highest BCUT2D eigenvalue weighted by molar-refractivity contribution is 6.30. The molecule has 1 aliphatic carbocycles. The predicted octanol–water partition coefficient (Wildman–Crippen LogP) is 2.15. The maximum absolute atomic E-state index is 12.7. The topological polar surface area (TPSA) is 90.2 Å². The largest absolute Gasteiger partial charge is 0.390 e. The standard InChI is InChI=1S/C18H14N2O3/c19-9-8-11(21)10-20-15-7-3-6-14-16(15)18(23)13-5-2-1-4-12(13)17(14)22/h1-7,11,20-21H,8,10H2. The quantitative estimate of drug-likeness (QED) is 0.771. The molecule has 3 rings (SSSR count). The van der Waals surface area contributed by atoms with Crippen LogP contribution >= 0.6 is 0 Å². The lowest BCUT2D eigenvalue weighted by Gasteiger charge is -2.21. The number of hydrogen-bond acceptors (Lipinski definition) is 5. The van der Waals surface area contributed by atoms with Crippen LogP contribution in [-0.4, -0.2) is 29.3 Å². The average Bonchev–Trinajstić information content (AvgIpc) is 2.58. The minimum Gasteiger partial charge on any atom is -0.390 e. The number of benzene rings is 2. The first-order chi connectivity index (χ1) is 11.1. The Kier molecular flexibility index (Phi) is 3.92. The van der Waals surface area contributed by atoms with Crippen molar-refractivity contribution >= 4 is 17.3 Å². The monoisotopic (exact) mass is 306 g/mol. The second-order valence-electron chi connectivity index (χ2n) is 5.33. The van der Waals surface area contributed by atoms with Gasteiger partial charge in [0.25, 0.3) is 0 Å². The Hall–Kier alpha value is -2.97. The third-order valence-corrected chi connectivity index (χ3v) is 3.81. The van der Waals surface area contributed by atoms with Crippen LogP contribution in [0.3, 0.4) is 0 Å². The van der Waals surface area contributed by atoms with E-state index < -0.39 is 6.10 Å². The van der Waals surface area contributed by atoms with E-state index in [4.69, 9.17) is 5.26 Å². The Balaban J connectivity index is 1.99. The summed E-state index contributed by atoms with van der Waals surface area (Å²) in [5.74, 6) is -0.399. The first-order valence-electron chi connectivity index (χ1n) is 7.24. The molecule has 114 valence electrons. The molecule has 5 nitrogen and oxygen atoms in total. The molecule has 0 amide bonds. The van der Waals surface area contributed by atoms with Gasteiger partial charge in [0.05, 0.1) is 24.2 Å².